The maximum absolute atomic E-state index is 12.8. The lowest BCUT2D eigenvalue weighted by Crippen LogP contribution is -2.30. The first kappa shape index (κ1) is 17.6. The number of rotatable bonds is 5. The van der Waals surface area contributed by atoms with E-state index in [4.69, 9.17) is 9.26 Å². The van der Waals surface area contributed by atoms with E-state index in [2.05, 4.69) is 15.1 Å². The van der Waals surface area contributed by atoms with Crippen LogP contribution in [0.3, 0.4) is 0 Å². The monoisotopic (exact) mass is 343 g/mol. The van der Waals surface area contributed by atoms with Gasteiger partial charge in [-0.3, -0.25) is 9.78 Å². The van der Waals surface area contributed by atoms with Crippen LogP contribution in [0.4, 0.5) is 0 Å². The fourth-order valence-electron chi connectivity index (χ4n) is 3.30. The van der Waals surface area contributed by atoms with Crippen molar-refractivity contribution in [3.8, 4) is 0 Å². The molecule has 2 aromatic heterocycles. The van der Waals surface area contributed by atoms with Crippen LogP contribution in [-0.2, 0) is 16.0 Å². The summed E-state index contributed by atoms with van der Waals surface area (Å²) in [4.78, 5) is 21.3. The number of ether oxygens (including phenoxy) is 1. The minimum absolute atomic E-state index is 0.210. The maximum atomic E-state index is 12.8. The summed E-state index contributed by atoms with van der Waals surface area (Å²) in [6, 6.07) is 3.84. The molecule has 1 aliphatic rings. The van der Waals surface area contributed by atoms with Gasteiger partial charge in [0.25, 0.3) is 0 Å². The van der Waals surface area contributed by atoms with Crippen LogP contribution in [0, 0.1) is 5.92 Å². The molecular weight excluding hydrogens is 318 g/mol. The molecule has 1 saturated carbocycles. The first-order valence-corrected chi connectivity index (χ1v) is 8.86. The van der Waals surface area contributed by atoms with Gasteiger partial charge in [-0.2, -0.15) is 4.98 Å². The highest BCUT2D eigenvalue weighted by Crippen LogP contribution is 2.38. The molecule has 1 unspecified atom stereocenters. The lowest BCUT2D eigenvalue weighted by molar-refractivity contribution is -0.159. The Morgan fingerprint density at radius 3 is 2.76 bits per heavy atom. The van der Waals surface area contributed by atoms with E-state index >= 15 is 0 Å². The Kier molecular flexibility index (Phi) is 5.16. The van der Waals surface area contributed by atoms with Crippen molar-refractivity contribution in [1.82, 2.24) is 15.1 Å². The number of hydrogen-bond acceptors (Lipinski definition) is 6. The van der Waals surface area contributed by atoms with Crippen molar-refractivity contribution in [3.63, 3.8) is 0 Å². The first-order valence-electron chi connectivity index (χ1n) is 8.86. The van der Waals surface area contributed by atoms with Crippen LogP contribution < -0.4 is 0 Å². The second-order valence-corrected chi connectivity index (χ2v) is 7.64. The minimum atomic E-state index is -0.535. The molecule has 0 spiro atoms. The highest BCUT2D eigenvalue weighted by Gasteiger charge is 2.39. The molecule has 0 amide bonds. The van der Waals surface area contributed by atoms with Gasteiger partial charge < -0.3 is 9.26 Å². The van der Waals surface area contributed by atoms with Gasteiger partial charge in [0.2, 0.25) is 5.89 Å². The van der Waals surface area contributed by atoms with E-state index in [1.807, 2.05) is 32.9 Å². The van der Waals surface area contributed by atoms with Crippen molar-refractivity contribution in [2.45, 2.75) is 64.4 Å². The molecule has 1 fully saturated rings. The van der Waals surface area contributed by atoms with Gasteiger partial charge >= 0.3 is 5.97 Å². The van der Waals surface area contributed by atoms with Crippen LogP contribution in [0.15, 0.2) is 29.0 Å². The van der Waals surface area contributed by atoms with Gasteiger partial charge in [-0.25, -0.2) is 0 Å². The molecule has 2 aromatic rings. The van der Waals surface area contributed by atoms with Crippen molar-refractivity contribution in [2.75, 3.05) is 0 Å². The molecular formula is C19H25N3O3. The zero-order chi connectivity index (χ0) is 17.9. The van der Waals surface area contributed by atoms with Gasteiger partial charge in [0.1, 0.15) is 11.5 Å². The smallest absolute Gasteiger partial charge is 0.319 e. The Bertz CT molecular complexity index is 700. The standard InChI is InChI=1S/C19H25N3O3/c1-19(2,3)24-18(23)16(14-8-4-5-9-14)17-21-15(22-25-17)11-13-7-6-10-20-12-13/h6-7,10,12,14,16H,4-5,8-9,11H2,1-3H3. The number of nitrogens with zero attached hydrogens (tertiary/aromatic N) is 3. The summed E-state index contributed by atoms with van der Waals surface area (Å²) in [6.07, 6.45) is 8.26. The molecule has 25 heavy (non-hydrogen) atoms. The topological polar surface area (TPSA) is 78.1 Å². The summed E-state index contributed by atoms with van der Waals surface area (Å²) in [5.74, 6) is 0.406. The van der Waals surface area contributed by atoms with Gasteiger partial charge in [0.15, 0.2) is 5.82 Å². The van der Waals surface area contributed by atoms with E-state index in [-0.39, 0.29) is 11.9 Å². The largest absolute Gasteiger partial charge is 0.459 e. The lowest BCUT2D eigenvalue weighted by atomic mass is 9.90. The molecule has 3 rings (SSSR count). The lowest BCUT2D eigenvalue weighted by Gasteiger charge is -2.25. The normalized spacial score (nSPS) is 16.8. The third kappa shape index (κ3) is 4.65. The second-order valence-electron chi connectivity index (χ2n) is 7.64. The average molecular weight is 343 g/mol. The molecule has 0 saturated heterocycles. The first-order chi connectivity index (χ1) is 11.9. The van der Waals surface area contributed by atoms with E-state index in [1.165, 1.54) is 0 Å². The van der Waals surface area contributed by atoms with E-state index < -0.39 is 11.5 Å². The number of aromatic nitrogens is 3. The van der Waals surface area contributed by atoms with Crippen LogP contribution in [0.5, 0.6) is 0 Å². The Morgan fingerprint density at radius 2 is 2.12 bits per heavy atom. The zero-order valence-corrected chi connectivity index (χ0v) is 15.1. The van der Waals surface area contributed by atoms with E-state index in [0.717, 1.165) is 31.2 Å². The fourth-order valence-corrected chi connectivity index (χ4v) is 3.30. The van der Waals surface area contributed by atoms with Gasteiger partial charge in [-0.05, 0) is 51.2 Å². The number of esters is 1. The Labute approximate surface area is 148 Å². The van der Waals surface area contributed by atoms with Crippen molar-refractivity contribution in [2.24, 2.45) is 5.92 Å². The number of hydrogen-bond donors (Lipinski definition) is 0. The zero-order valence-electron chi connectivity index (χ0n) is 15.1. The van der Waals surface area contributed by atoms with Crippen molar-refractivity contribution >= 4 is 5.97 Å². The number of carbonyl (C=O) groups excluding carboxylic acids is 1. The SMILES string of the molecule is CC(C)(C)OC(=O)C(c1nc(Cc2cccnc2)no1)C1CCCC1. The average Bonchev–Trinajstić information content (AvgIpc) is 3.20. The molecule has 6 heteroatoms. The van der Waals surface area contributed by atoms with E-state index in [9.17, 15) is 4.79 Å². The van der Waals surface area contributed by atoms with Crippen LogP contribution in [0.25, 0.3) is 0 Å². The maximum Gasteiger partial charge on any atom is 0.319 e. The molecule has 0 radical (unpaired) electrons. The van der Waals surface area contributed by atoms with Gasteiger partial charge in [-0.1, -0.05) is 24.1 Å². The third-order valence-electron chi connectivity index (χ3n) is 4.37. The van der Waals surface area contributed by atoms with Crippen molar-refractivity contribution in [3.05, 3.63) is 41.8 Å². The quantitative estimate of drug-likeness (QED) is 0.771. The van der Waals surface area contributed by atoms with Crippen LogP contribution in [0.2, 0.25) is 0 Å². The summed E-state index contributed by atoms with van der Waals surface area (Å²) in [6.45, 7) is 5.62. The molecule has 6 nitrogen and oxygen atoms in total. The highest BCUT2D eigenvalue weighted by atomic mass is 16.6. The summed E-state index contributed by atoms with van der Waals surface area (Å²) in [5, 5.41) is 4.06. The molecule has 134 valence electrons. The second kappa shape index (κ2) is 7.33. The molecule has 0 N–H and O–H groups in total. The summed E-state index contributed by atoms with van der Waals surface area (Å²) in [7, 11) is 0. The summed E-state index contributed by atoms with van der Waals surface area (Å²) < 4.78 is 11.1. The van der Waals surface area contributed by atoms with Crippen LogP contribution in [-0.4, -0.2) is 26.7 Å². The molecule has 1 aliphatic carbocycles. The molecule has 0 aromatic carbocycles. The highest BCUT2D eigenvalue weighted by molar-refractivity contribution is 5.77. The van der Waals surface area contributed by atoms with Gasteiger partial charge in [0, 0.05) is 18.8 Å². The fraction of sp³-hybridized carbons (Fsp3) is 0.579. The minimum Gasteiger partial charge on any atom is -0.459 e. The van der Waals surface area contributed by atoms with Crippen molar-refractivity contribution in [1.29, 1.82) is 0 Å². The molecule has 0 bridgehead atoms. The predicted molar refractivity (Wildman–Crippen MR) is 91.9 cm³/mol. The predicted octanol–water partition coefficient (Wildman–Crippen LogP) is 3.67. The summed E-state index contributed by atoms with van der Waals surface area (Å²) in [5.41, 5.74) is 0.469. The Hall–Kier alpha value is -2.24. The number of pyridine rings is 1. The van der Waals surface area contributed by atoms with Crippen LogP contribution in [0.1, 0.15) is 69.7 Å². The van der Waals surface area contributed by atoms with Crippen molar-refractivity contribution < 1.29 is 14.1 Å². The Morgan fingerprint density at radius 1 is 1.36 bits per heavy atom. The molecule has 2 heterocycles. The van der Waals surface area contributed by atoms with Gasteiger partial charge in [-0.15, -0.1) is 0 Å². The van der Waals surface area contributed by atoms with E-state index in [0.29, 0.717) is 18.1 Å². The Balaban J connectivity index is 1.80. The molecule has 1 atom stereocenters. The third-order valence-corrected chi connectivity index (χ3v) is 4.37. The summed E-state index contributed by atoms with van der Waals surface area (Å²) >= 11 is 0. The van der Waals surface area contributed by atoms with Gasteiger partial charge in [0.05, 0.1) is 0 Å². The number of carbonyl (C=O) groups is 1. The van der Waals surface area contributed by atoms with Crippen LogP contribution >= 0.6 is 0 Å². The van der Waals surface area contributed by atoms with E-state index in [1.54, 1.807) is 12.4 Å². The molecule has 0 aliphatic heterocycles.